The highest BCUT2D eigenvalue weighted by Gasteiger charge is 2.52. The molecule has 260 valence electrons. The van der Waals surface area contributed by atoms with Crippen LogP contribution in [0.3, 0.4) is 0 Å². The van der Waals surface area contributed by atoms with E-state index in [1.165, 1.54) is 66.8 Å². The zero-order chi connectivity index (χ0) is 36.4. The van der Waals surface area contributed by atoms with Crippen molar-refractivity contribution >= 4 is 23.6 Å². The van der Waals surface area contributed by atoms with Crippen LogP contribution >= 0.6 is 0 Å². The zero-order valence-corrected chi connectivity index (χ0v) is 33.1. The SMILES string of the molecule is CC1=C(C)C(C)C([Si](c2c(C)cccc2Cc2ccccc2)(c2c(C)cccc2Cc2ccccc2)c2c(C)cccc2Cc2ccccc2)=C1C. The second-order valence-electron chi connectivity index (χ2n) is 15.1. The van der Waals surface area contributed by atoms with E-state index in [9.17, 15) is 0 Å². The predicted octanol–water partition coefficient (Wildman–Crippen LogP) is 10.7. The first-order chi connectivity index (χ1) is 25.2. The Bertz CT molecular complexity index is 2050. The fourth-order valence-electron chi connectivity index (χ4n) is 9.43. The second kappa shape index (κ2) is 14.9. The van der Waals surface area contributed by atoms with E-state index >= 15 is 0 Å². The molecule has 0 bridgehead atoms. The Morgan fingerprint density at radius 2 is 0.712 bits per heavy atom. The highest BCUT2D eigenvalue weighted by atomic mass is 28.3. The lowest BCUT2D eigenvalue weighted by Crippen LogP contribution is -2.73. The van der Waals surface area contributed by atoms with Crippen molar-refractivity contribution in [3.63, 3.8) is 0 Å². The van der Waals surface area contributed by atoms with Crippen LogP contribution in [0.25, 0.3) is 0 Å². The Morgan fingerprint density at radius 3 is 1.00 bits per heavy atom. The molecule has 0 saturated heterocycles. The first-order valence-corrected chi connectivity index (χ1v) is 21.0. The number of allylic oxidation sites excluding steroid dienone is 4. The smallest absolute Gasteiger partial charge is 0.0636 e. The molecular weight excluding hydrogens is 641 g/mol. The van der Waals surface area contributed by atoms with E-state index in [4.69, 9.17) is 0 Å². The van der Waals surface area contributed by atoms with Crippen molar-refractivity contribution in [1.82, 2.24) is 0 Å². The maximum atomic E-state index is 2.51. The van der Waals surface area contributed by atoms with Gasteiger partial charge in [0, 0.05) is 0 Å². The molecule has 0 amide bonds. The molecule has 1 atom stereocenters. The first kappa shape index (κ1) is 35.4. The Hall–Kier alpha value is -4.98. The molecule has 7 rings (SSSR count). The molecule has 1 heteroatoms. The van der Waals surface area contributed by atoms with Crippen molar-refractivity contribution in [3.05, 3.63) is 218 Å². The Morgan fingerprint density at radius 1 is 0.385 bits per heavy atom. The summed E-state index contributed by atoms with van der Waals surface area (Å²) in [4.78, 5) is 0. The van der Waals surface area contributed by atoms with Gasteiger partial charge < -0.3 is 0 Å². The van der Waals surface area contributed by atoms with Crippen LogP contribution < -0.4 is 15.6 Å². The topological polar surface area (TPSA) is 0 Å². The minimum atomic E-state index is -3.09. The molecule has 0 heterocycles. The minimum Gasteiger partial charge on any atom is -0.0636 e. The van der Waals surface area contributed by atoms with Gasteiger partial charge in [-0.25, -0.2) is 0 Å². The summed E-state index contributed by atoms with van der Waals surface area (Å²) in [6.45, 7) is 16.9. The Balaban J connectivity index is 1.70. The van der Waals surface area contributed by atoms with Crippen LogP contribution in [-0.4, -0.2) is 8.07 Å². The lowest BCUT2D eigenvalue weighted by Gasteiger charge is -2.44. The van der Waals surface area contributed by atoms with Gasteiger partial charge in [-0.05, 0) is 121 Å². The highest BCUT2D eigenvalue weighted by Crippen LogP contribution is 2.43. The van der Waals surface area contributed by atoms with E-state index in [0.717, 1.165) is 19.3 Å². The average molecular weight is 693 g/mol. The van der Waals surface area contributed by atoms with Gasteiger partial charge >= 0.3 is 0 Å². The van der Waals surface area contributed by atoms with Crippen LogP contribution in [0.1, 0.15) is 77.8 Å². The van der Waals surface area contributed by atoms with Crippen LogP contribution in [0.2, 0.25) is 0 Å². The molecule has 0 spiro atoms. The normalized spacial score (nSPS) is 14.7. The lowest BCUT2D eigenvalue weighted by atomic mass is 10.0. The van der Waals surface area contributed by atoms with Gasteiger partial charge in [0.2, 0.25) is 0 Å². The molecule has 0 N–H and O–H groups in total. The molecule has 0 aromatic heterocycles. The van der Waals surface area contributed by atoms with Crippen molar-refractivity contribution < 1.29 is 0 Å². The summed E-state index contributed by atoms with van der Waals surface area (Å²) in [6.07, 6.45) is 2.70. The summed E-state index contributed by atoms with van der Waals surface area (Å²) in [6, 6.07) is 54.8. The summed E-state index contributed by atoms with van der Waals surface area (Å²) in [7, 11) is -3.09. The van der Waals surface area contributed by atoms with Gasteiger partial charge in [0.1, 0.15) is 0 Å². The van der Waals surface area contributed by atoms with E-state index in [0.29, 0.717) is 5.92 Å². The number of benzene rings is 6. The van der Waals surface area contributed by atoms with E-state index in [-0.39, 0.29) is 0 Å². The first-order valence-electron chi connectivity index (χ1n) is 19.0. The molecule has 0 fully saturated rings. The summed E-state index contributed by atoms with van der Waals surface area (Å²) in [5.41, 5.74) is 17.1. The number of aryl methyl sites for hydroxylation is 3. The number of hydrogen-bond acceptors (Lipinski definition) is 0. The molecule has 1 aliphatic rings. The molecule has 1 unspecified atom stereocenters. The minimum absolute atomic E-state index is 0.323. The van der Waals surface area contributed by atoms with Crippen LogP contribution in [0.15, 0.2) is 168 Å². The van der Waals surface area contributed by atoms with Gasteiger partial charge in [0.05, 0.1) is 0 Å². The van der Waals surface area contributed by atoms with Crippen molar-refractivity contribution in [2.24, 2.45) is 5.92 Å². The van der Waals surface area contributed by atoms with Crippen LogP contribution in [0.5, 0.6) is 0 Å². The third-order valence-electron chi connectivity index (χ3n) is 12.0. The predicted molar refractivity (Wildman–Crippen MR) is 226 cm³/mol. The van der Waals surface area contributed by atoms with Gasteiger partial charge in [-0.1, -0.05) is 186 Å². The van der Waals surface area contributed by atoms with Gasteiger partial charge in [-0.3, -0.25) is 0 Å². The van der Waals surface area contributed by atoms with Crippen molar-refractivity contribution in [2.45, 2.75) is 67.7 Å². The van der Waals surface area contributed by atoms with Crippen LogP contribution in [0.4, 0.5) is 0 Å². The van der Waals surface area contributed by atoms with Gasteiger partial charge in [0.25, 0.3) is 0 Å². The lowest BCUT2D eigenvalue weighted by molar-refractivity contribution is 0.851. The molecule has 52 heavy (non-hydrogen) atoms. The molecule has 0 radical (unpaired) electrons. The Kier molecular flexibility index (Phi) is 10.2. The van der Waals surface area contributed by atoms with Crippen molar-refractivity contribution in [3.8, 4) is 0 Å². The quantitative estimate of drug-likeness (QED) is 0.0990. The molecule has 0 aliphatic heterocycles. The number of rotatable bonds is 10. The Labute approximate surface area is 313 Å². The summed E-state index contributed by atoms with van der Waals surface area (Å²) in [5.74, 6) is 0.323. The van der Waals surface area contributed by atoms with Crippen molar-refractivity contribution in [2.75, 3.05) is 0 Å². The molecule has 6 aromatic carbocycles. The number of hydrogen-bond donors (Lipinski definition) is 0. The van der Waals surface area contributed by atoms with Gasteiger partial charge in [-0.15, -0.1) is 0 Å². The maximum absolute atomic E-state index is 3.09. The average Bonchev–Trinajstić information content (AvgIpc) is 3.34. The van der Waals surface area contributed by atoms with Gasteiger partial charge in [-0.2, -0.15) is 0 Å². The third-order valence-corrected chi connectivity index (χ3v) is 18.0. The second-order valence-corrected chi connectivity index (χ2v) is 18.7. The van der Waals surface area contributed by atoms with E-state index in [2.05, 4.69) is 194 Å². The zero-order valence-electron chi connectivity index (χ0n) is 32.1. The summed E-state index contributed by atoms with van der Waals surface area (Å²) >= 11 is 0. The molecule has 0 saturated carbocycles. The highest BCUT2D eigenvalue weighted by molar-refractivity contribution is 7.17. The fraction of sp³-hybridized carbons (Fsp3) is 0.216. The van der Waals surface area contributed by atoms with Gasteiger partial charge in [0.15, 0.2) is 8.07 Å². The molecule has 0 nitrogen and oxygen atoms in total. The largest absolute Gasteiger partial charge is 0.178 e. The standard InChI is InChI=1S/C51H52Si/c1-35-20-17-29-45(32-42-23-11-8-12-24-42)48(35)52(51-40(6)38(4)39(5)41(51)7,49-36(2)21-18-30-46(49)33-43-25-13-9-14-26-43)50-37(3)22-19-31-47(50)34-44-27-15-10-16-28-44/h8-31,40H,32-34H2,1-7H3. The van der Waals surface area contributed by atoms with Crippen molar-refractivity contribution in [1.29, 1.82) is 0 Å². The monoisotopic (exact) mass is 692 g/mol. The fourth-order valence-corrected chi connectivity index (χ4v) is 16.6. The van der Waals surface area contributed by atoms with E-state index in [1.807, 2.05) is 0 Å². The molecular formula is C51H52Si. The maximum Gasteiger partial charge on any atom is 0.178 e. The molecule has 6 aromatic rings. The summed E-state index contributed by atoms with van der Waals surface area (Å²) < 4.78 is 0. The van der Waals surface area contributed by atoms with Crippen LogP contribution in [-0.2, 0) is 19.3 Å². The third kappa shape index (κ3) is 6.37. The summed E-state index contributed by atoms with van der Waals surface area (Å²) in [5, 5.41) is 6.40. The van der Waals surface area contributed by atoms with Crippen LogP contribution in [0, 0.1) is 26.7 Å². The van der Waals surface area contributed by atoms with E-state index in [1.54, 1.807) is 20.8 Å². The molecule has 1 aliphatic carbocycles. The van der Waals surface area contributed by atoms with E-state index < -0.39 is 8.07 Å².